The molecule has 0 saturated heterocycles. The predicted octanol–water partition coefficient (Wildman–Crippen LogP) is 0.855. The third-order valence-corrected chi connectivity index (χ3v) is 2.83. The standard InChI is InChI=1S/C11H16N2O2/c1-15-10(8-2-3-8)7-13-6-9(12)4-5-11(13)14/h4-6,8,10H,2-3,7,12H2,1H3. The zero-order chi connectivity index (χ0) is 10.8. The van der Waals surface area contributed by atoms with Gasteiger partial charge in [0.05, 0.1) is 12.6 Å². The molecule has 1 aliphatic rings. The molecule has 1 aliphatic carbocycles. The Morgan fingerprint density at radius 1 is 1.60 bits per heavy atom. The van der Waals surface area contributed by atoms with Crippen LogP contribution in [0.1, 0.15) is 12.8 Å². The molecular formula is C11H16N2O2. The second-order valence-corrected chi connectivity index (χ2v) is 4.06. The van der Waals surface area contributed by atoms with Crippen LogP contribution in [0, 0.1) is 5.92 Å². The Balaban J connectivity index is 2.14. The molecule has 0 spiro atoms. The Bertz CT molecular complexity index is 396. The highest BCUT2D eigenvalue weighted by molar-refractivity contribution is 5.33. The summed E-state index contributed by atoms with van der Waals surface area (Å²) in [6, 6.07) is 3.12. The summed E-state index contributed by atoms with van der Waals surface area (Å²) in [6.07, 6.45) is 4.23. The van der Waals surface area contributed by atoms with Gasteiger partial charge >= 0.3 is 0 Å². The minimum Gasteiger partial charge on any atom is -0.398 e. The molecule has 1 atom stereocenters. The van der Waals surface area contributed by atoms with Crippen LogP contribution in [-0.2, 0) is 11.3 Å². The summed E-state index contributed by atoms with van der Waals surface area (Å²) in [4.78, 5) is 11.5. The van der Waals surface area contributed by atoms with Gasteiger partial charge in [0, 0.05) is 25.1 Å². The Labute approximate surface area is 88.7 Å². The van der Waals surface area contributed by atoms with E-state index in [0.717, 1.165) is 0 Å². The topological polar surface area (TPSA) is 57.2 Å². The number of nitrogens with zero attached hydrogens (tertiary/aromatic N) is 1. The van der Waals surface area contributed by atoms with Crippen LogP contribution < -0.4 is 11.3 Å². The van der Waals surface area contributed by atoms with Gasteiger partial charge in [-0.05, 0) is 24.8 Å². The summed E-state index contributed by atoms with van der Waals surface area (Å²) in [7, 11) is 1.69. The van der Waals surface area contributed by atoms with E-state index in [1.54, 1.807) is 23.9 Å². The quantitative estimate of drug-likeness (QED) is 0.798. The lowest BCUT2D eigenvalue weighted by Gasteiger charge is -2.16. The normalized spacial score (nSPS) is 17.7. The molecule has 1 saturated carbocycles. The van der Waals surface area contributed by atoms with E-state index in [1.165, 1.54) is 18.9 Å². The SMILES string of the molecule is COC(Cn1cc(N)ccc1=O)C1CC1. The fourth-order valence-corrected chi connectivity index (χ4v) is 1.77. The van der Waals surface area contributed by atoms with Gasteiger partial charge in [-0.3, -0.25) is 4.79 Å². The molecule has 2 N–H and O–H groups in total. The van der Waals surface area contributed by atoms with E-state index in [0.29, 0.717) is 18.2 Å². The minimum absolute atomic E-state index is 0.0214. The molecule has 0 radical (unpaired) electrons. The van der Waals surface area contributed by atoms with Gasteiger partial charge in [0.25, 0.3) is 5.56 Å². The molecule has 4 nitrogen and oxygen atoms in total. The van der Waals surface area contributed by atoms with E-state index in [-0.39, 0.29) is 11.7 Å². The Morgan fingerprint density at radius 3 is 2.93 bits per heavy atom. The highest BCUT2D eigenvalue weighted by Crippen LogP contribution is 2.34. The number of aromatic nitrogens is 1. The summed E-state index contributed by atoms with van der Waals surface area (Å²) in [6.45, 7) is 0.602. The van der Waals surface area contributed by atoms with Gasteiger partial charge in [-0.15, -0.1) is 0 Å². The van der Waals surface area contributed by atoms with Gasteiger partial charge in [-0.1, -0.05) is 0 Å². The number of pyridine rings is 1. The zero-order valence-corrected chi connectivity index (χ0v) is 8.85. The van der Waals surface area contributed by atoms with Crippen molar-refractivity contribution in [3.05, 3.63) is 28.7 Å². The van der Waals surface area contributed by atoms with Crippen molar-refractivity contribution in [2.24, 2.45) is 5.92 Å². The van der Waals surface area contributed by atoms with Crippen LogP contribution in [0.5, 0.6) is 0 Å². The van der Waals surface area contributed by atoms with Crippen LogP contribution in [-0.4, -0.2) is 17.8 Å². The van der Waals surface area contributed by atoms with Crippen molar-refractivity contribution < 1.29 is 4.74 Å². The average Bonchev–Trinajstić information content (AvgIpc) is 3.03. The number of nitrogen functional groups attached to an aromatic ring is 1. The number of methoxy groups -OCH3 is 1. The van der Waals surface area contributed by atoms with Crippen molar-refractivity contribution in [3.63, 3.8) is 0 Å². The largest absolute Gasteiger partial charge is 0.398 e. The molecule has 0 bridgehead atoms. The summed E-state index contributed by atoms with van der Waals surface area (Å²) in [5.74, 6) is 0.614. The number of hydrogen-bond acceptors (Lipinski definition) is 3. The Morgan fingerprint density at radius 2 is 2.33 bits per heavy atom. The molecule has 0 aliphatic heterocycles. The molecule has 0 aromatic carbocycles. The van der Waals surface area contributed by atoms with Gasteiger partial charge in [-0.2, -0.15) is 0 Å². The van der Waals surface area contributed by atoms with Crippen molar-refractivity contribution in [2.75, 3.05) is 12.8 Å². The van der Waals surface area contributed by atoms with Crippen molar-refractivity contribution in [2.45, 2.75) is 25.5 Å². The molecular weight excluding hydrogens is 192 g/mol. The van der Waals surface area contributed by atoms with Crippen LogP contribution in [0.25, 0.3) is 0 Å². The molecule has 1 aromatic rings. The first kappa shape index (κ1) is 10.2. The predicted molar refractivity (Wildman–Crippen MR) is 58.6 cm³/mol. The maximum absolute atomic E-state index is 11.5. The first-order chi connectivity index (χ1) is 7.20. The van der Waals surface area contributed by atoms with Gasteiger partial charge in [0.2, 0.25) is 0 Å². The average molecular weight is 208 g/mol. The van der Waals surface area contributed by atoms with E-state index in [1.807, 2.05) is 0 Å². The van der Waals surface area contributed by atoms with E-state index >= 15 is 0 Å². The van der Waals surface area contributed by atoms with E-state index in [2.05, 4.69) is 0 Å². The monoisotopic (exact) mass is 208 g/mol. The zero-order valence-electron chi connectivity index (χ0n) is 8.85. The fourth-order valence-electron chi connectivity index (χ4n) is 1.77. The smallest absolute Gasteiger partial charge is 0.250 e. The third-order valence-electron chi connectivity index (χ3n) is 2.83. The van der Waals surface area contributed by atoms with Gasteiger partial charge in [-0.25, -0.2) is 0 Å². The lowest BCUT2D eigenvalue weighted by molar-refractivity contribution is 0.0691. The summed E-state index contributed by atoms with van der Waals surface area (Å²) in [5, 5.41) is 0. The highest BCUT2D eigenvalue weighted by atomic mass is 16.5. The van der Waals surface area contributed by atoms with Crippen molar-refractivity contribution in [1.82, 2.24) is 4.57 Å². The van der Waals surface area contributed by atoms with E-state index in [9.17, 15) is 4.79 Å². The lowest BCUT2D eigenvalue weighted by atomic mass is 10.2. The first-order valence-electron chi connectivity index (χ1n) is 5.19. The number of hydrogen-bond donors (Lipinski definition) is 1. The highest BCUT2D eigenvalue weighted by Gasteiger charge is 2.31. The van der Waals surface area contributed by atoms with Crippen LogP contribution in [0.2, 0.25) is 0 Å². The summed E-state index contributed by atoms with van der Waals surface area (Å²) >= 11 is 0. The summed E-state index contributed by atoms with van der Waals surface area (Å²) in [5.41, 5.74) is 6.23. The van der Waals surface area contributed by atoms with Crippen molar-refractivity contribution in [1.29, 1.82) is 0 Å². The molecule has 15 heavy (non-hydrogen) atoms. The maximum Gasteiger partial charge on any atom is 0.250 e. The van der Waals surface area contributed by atoms with Crippen molar-refractivity contribution in [3.8, 4) is 0 Å². The molecule has 1 heterocycles. The summed E-state index contributed by atoms with van der Waals surface area (Å²) < 4.78 is 7.00. The van der Waals surface area contributed by atoms with Gasteiger partial charge < -0.3 is 15.0 Å². The van der Waals surface area contributed by atoms with Gasteiger partial charge in [0.15, 0.2) is 0 Å². The molecule has 4 heteroatoms. The van der Waals surface area contributed by atoms with E-state index in [4.69, 9.17) is 10.5 Å². The lowest BCUT2D eigenvalue weighted by Crippen LogP contribution is -2.28. The van der Waals surface area contributed by atoms with Crippen LogP contribution in [0.4, 0.5) is 5.69 Å². The second kappa shape index (κ2) is 4.06. The number of rotatable bonds is 4. The number of nitrogens with two attached hydrogens (primary N) is 1. The van der Waals surface area contributed by atoms with Gasteiger partial charge in [0.1, 0.15) is 0 Å². The molecule has 82 valence electrons. The Kier molecular flexibility index (Phi) is 2.77. The number of ether oxygens (including phenoxy) is 1. The third kappa shape index (κ3) is 2.39. The van der Waals surface area contributed by atoms with Crippen molar-refractivity contribution >= 4 is 5.69 Å². The molecule has 1 aromatic heterocycles. The molecule has 1 unspecified atom stereocenters. The van der Waals surface area contributed by atoms with E-state index < -0.39 is 0 Å². The fraction of sp³-hybridized carbons (Fsp3) is 0.545. The molecule has 2 rings (SSSR count). The Hall–Kier alpha value is -1.29. The minimum atomic E-state index is -0.0214. The number of anilines is 1. The first-order valence-corrected chi connectivity index (χ1v) is 5.19. The van der Waals surface area contributed by atoms with Crippen LogP contribution in [0.3, 0.4) is 0 Å². The van der Waals surface area contributed by atoms with Crippen LogP contribution in [0.15, 0.2) is 23.1 Å². The van der Waals surface area contributed by atoms with Crippen LogP contribution >= 0.6 is 0 Å². The molecule has 0 amide bonds. The second-order valence-electron chi connectivity index (χ2n) is 4.06. The molecule has 1 fully saturated rings. The maximum atomic E-state index is 11.5.